The number of hydrogen-bond acceptors (Lipinski definition) is 4. The van der Waals surface area contributed by atoms with Crippen molar-refractivity contribution in [2.75, 3.05) is 13.2 Å². The molecule has 21 heavy (non-hydrogen) atoms. The van der Waals surface area contributed by atoms with Crippen molar-refractivity contribution in [3.8, 4) is 0 Å². The minimum Gasteiger partial charge on any atom is -0.409 e. The molecule has 1 aliphatic rings. The maximum Gasteiger partial charge on any atom is 0.200 e. The van der Waals surface area contributed by atoms with E-state index >= 15 is 0 Å². The molecule has 5 heteroatoms. The van der Waals surface area contributed by atoms with Gasteiger partial charge in [-0.3, -0.25) is 4.79 Å². The van der Waals surface area contributed by atoms with E-state index < -0.39 is 20.2 Å². The van der Waals surface area contributed by atoms with Gasteiger partial charge in [0.05, 0.1) is 13.2 Å². The van der Waals surface area contributed by atoms with Gasteiger partial charge in [0.15, 0.2) is 11.6 Å². The van der Waals surface area contributed by atoms with E-state index in [0.717, 1.165) is 0 Å². The summed E-state index contributed by atoms with van der Waals surface area (Å²) < 4.78 is 17.4. The average molecular weight is 317 g/mol. The third-order valence-corrected chi connectivity index (χ3v) is 10.6. The first-order chi connectivity index (χ1) is 9.53. The lowest BCUT2D eigenvalue weighted by Gasteiger charge is -2.42. The summed E-state index contributed by atoms with van der Waals surface area (Å²) in [6.07, 6.45) is -0.488. The molecule has 0 spiro atoms. The summed E-state index contributed by atoms with van der Waals surface area (Å²) in [6.45, 7) is 17.4. The van der Waals surface area contributed by atoms with Crippen LogP contribution < -0.4 is 0 Å². The van der Waals surface area contributed by atoms with Gasteiger partial charge in [-0.2, -0.15) is 0 Å². The van der Waals surface area contributed by atoms with Crippen molar-refractivity contribution in [2.24, 2.45) is 0 Å². The molecule has 1 atom stereocenters. The van der Waals surface area contributed by atoms with Crippen LogP contribution in [0.5, 0.6) is 0 Å². The number of rotatable bonds is 7. The number of Topliss-reactive ketones (excluding diaryl/α,β-unsaturated/α-hetero) is 1. The second-order valence-corrected chi connectivity index (χ2v) is 12.8. The fourth-order valence-corrected chi connectivity index (χ4v) is 9.03. The molecule has 0 bridgehead atoms. The maximum absolute atomic E-state index is 12.3. The van der Waals surface area contributed by atoms with Crippen LogP contribution in [0.3, 0.4) is 0 Å². The summed E-state index contributed by atoms with van der Waals surface area (Å²) in [4.78, 5) is 12.3. The Bertz CT molecular complexity index is 342. The van der Waals surface area contributed by atoms with E-state index in [1.54, 1.807) is 0 Å². The van der Waals surface area contributed by atoms with E-state index in [0.29, 0.717) is 23.2 Å². The summed E-state index contributed by atoms with van der Waals surface area (Å²) in [5.41, 5.74) is 1.42. The van der Waals surface area contributed by atoms with E-state index in [-0.39, 0.29) is 12.4 Å². The minimum absolute atomic E-state index is 0.000556. The Morgan fingerprint density at radius 3 is 1.95 bits per heavy atom. The number of carbonyl (C=O) groups excluding carboxylic acids is 1. The van der Waals surface area contributed by atoms with Crippen molar-refractivity contribution in [1.29, 1.82) is 0 Å². The fraction of sp³-hybridized carbons (Fsp3) is 0.938. The first-order valence-corrected chi connectivity index (χ1v) is 10.2. The molecule has 124 valence electrons. The standard InChI is InChI=1S/C16H32O4Si/c1-11(2)21(12(3)4,13(5)6)19-9-14(17)15-10-18-16(7,8)20-15/h11-13,15H,9-10H2,1-8H3/t15-/m0/s1. The van der Waals surface area contributed by atoms with E-state index in [9.17, 15) is 4.79 Å². The topological polar surface area (TPSA) is 44.8 Å². The Hall–Kier alpha value is -0.233. The lowest BCUT2D eigenvalue weighted by Crippen LogP contribution is -2.49. The van der Waals surface area contributed by atoms with Crippen LogP contribution in [0, 0.1) is 0 Å². The highest BCUT2D eigenvalue weighted by molar-refractivity contribution is 6.77. The van der Waals surface area contributed by atoms with Crippen molar-refractivity contribution >= 4 is 14.1 Å². The zero-order chi connectivity index (χ0) is 16.4. The Kier molecular flexibility index (Phi) is 6.18. The van der Waals surface area contributed by atoms with Crippen LogP contribution in [0.4, 0.5) is 0 Å². The van der Waals surface area contributed by atoms with Crippen LogP contribution in [0.2, 0.25) is 16.6 Å². The normalized spacial score (nSPS) is 22.5. The maximum atomic E-state index is 12.3. The van der Waals surface area contributed by atoms with Gasteiger partial charge in [0, 0.05) is 0 Å². The summed E-state index contributed by atoms with van der Waals surface area (Å²) in [5, 5.41) is 0. The van der Waals surface area contributed by atoms with Crippen molar-refractivity contribution in [2.45, 2.75) is 83.9 Å². The monoisotopic (exact) mass is 316 g/mol. The fourth-order valence-electron chi connectivity index (χ4n) is 3.63. The molecule has 0 radical (unpaired) electrons. The lowest BCUT2D eigenvalue weighted by molar-refractivity contribution is -0.153. The van der Waals surface area contributed by atoms with Crippen LogP contribution in [-0.2, 0) is 18.7 Å². The van der Waals surface area contributed by atoms with Gasteiger partial charge < -0.3 is 13.9 Å². The average Bonchev–Trinajstić information content (AvgIpc) is 2.68. The molecule has 0 amide bonds. The van der Waals surface area contributed by atoms with Crippen molar-refractivity contribution < 1.29 is 18.7 Å². The van der Waals surface area contributed by atoms with E-state index in [4.69, 9.17) is 13.9 Å². The Balaban J connectivity index is 2.72. The molecule has 0 saturated carbocycles. The molecule has 1 fully saturated rings. The Morgan fingerprint density at radius 1 is 1.14 bits per heavy atom. The molecule has 1 rings (SSSR count). The molecule has 4 nitrogen and oxygen atoms in total. The molecule has 0 aliphatic carbocycles. The van der Waals surface area contributed by atoms with Crippen LogP contribution >= 0.6 is 0 Å². The van der Waals surface area contributed by atoms with Gasteiger partial charge >= 0.3 is 0 Å². The smallest absolute Gasteiger partial charge is 0.200 e. The number of carbonyl (C=O) groups is 1. The molecule has 0 aromatic rings. The molecule has 1 aliphatic heterocycles. The van der Waals surface area contributed by atoms with Crippen LogP contribution in [0.15, 0.2) is 0 Å². The third-order valence-electron chi connectivity index (χ3n) is 4.54. The van der Waals surface area contributed by atoms with Gasteiger partial charge in [0.2, 0.25) is 8.32 Å². The molecule has 1 heterocycles. The van der Waals surface area contributed by atoms with E-state index in [1.165, 1.54) is 0 Å². The molecular weight excluding hydrogens is 284 g/mol. The molecule has 0 unspecified atom stereocenters. The van der Waals surface area contributed by atoms with E-state index in [2.05, 4.69) is 41.5 Å². The number of ketones is 1. The van der Waals surface area contributed by atoms with Gasteiger partial charge in [-0.05, 0) is 30.5 Å². The van der Waals surface area contributed by atoms with Crippen molar-refractivity contribution in [3.63, 3.8) is 0 Å². The first kappa shape index (κ1) is 18.8. The van der Waals surface area contributed by atoms with Crippen molar-refractivity contribution in [3.05, 3.63) is 0 Å². The first-order valence-electron chi connectivity index (χ1n) is 8.01. The molecule has 0 aromatic heterocycles. The highest BCUT2D eigenvalue weighted by Gasteiger charge is 2.46. The SMILES string of the molecule is CC(C)[Si](OCC(=O)[C@@H]1COC(C)(C)O1)(C(C)C)C(C)C. The summed E-state index contributed by atoms with van der Waals surface area (Å²) in [6, 6.07) is 0. The van der Waals surface area contributed by atoms with Gasteiger partial charge in [0.25, 0.3) is 0 Å². The van der Waals surface area contributed by atoms with Gasteiger partial charge in [-0.15, -0.1) is 0 Å². The second kappa shape index (κ2) is 6.90. The van der Waals surface area contributed by atoms with Crippen LogP contribution in [0.1, 0.15) is 55.4 Å². The van der Waals surface area contributed by atoms with Gasteiger partial charge in [-0.25, -0.2) is 0 Å². The molecular formula is C16H32O4Si. The summed E-state index contributed by atoms with van der Waals surface area (Å²) in [5.74, 6) is -0.664. The highest BCUT2D eigenvalue weighted by Crippen LogP contribution is 2.42. The molecule has 0 N–H and O–H groups in total. The summed E-state index contributed by atoms with van der Waals surface area (Å²) >= 11 is 0. The van der Waals surface area contributed by atoms with E-state index in [1.807, 2.05) is 13.8 Å². The number of ether oxygens (including phenoxy) is 2. The third kappa shape index (κ3) is 4.15. The zero-order valence-corrected chi connectivity index (χ0v) is 15.9. The molecule has 1 saturated heterocycles. The second-order valence-electron chi connectivity index (χ2n) is 7.39. The quantitative estimate of drug-likeness (QED) is 0.668. The zero-order valence-electron chi connectivity index (χ0n) is 14.9. The lowest BCUT2D eigenvalue weighted by atomic mass is 10.2. The van der Waals surface area contributed by atoms with Gasteiger partial charge in [-0.1, -0.05) is 41.5 Å². The van der Waals surface area contributed by atoms with Gasteiger partial charge in [0.1, 0.15) is 6.10 Å². The van der Waals surface area contributed by atoms with Crippen molar-refractivity contribution in [1.82, 2.24) is 0 Å². The number of hydrogen-bond donors (Lipinski definition) is 0. The largest absolute Gasteiger partial charge is 0.409 e. The predicted octanol–water partition coefficient (Wildman–Crippen LogP) is 3.90. The Morgan fingerprint density at radius 2 is 1.62 bits per heavy atom. The molecule has 0 aromatic carbocycles. The van der Waals surface area contributed by atoms with Crippen LogP contribution in [-0.4, -0.2) is 39.2 Å². The summed E-state index contributed by atoms with van der Waals surface area (Å²) in [7, 11) is -1.99. The highest BCUT2D eigenvalue weighted by atomic mass is 28.4. The minimum atomic E-state index is -1.99. The predicted molar refractivity (Wildman–Crippen MR) is 86.9 cm³/mol. The van der Waals surface area contributed by atoms with Crippen LogP contribution in [0.25, 0.3) is 0 Å². The Labute approximate surface area is 130 Å².